The quantitative estimate of drug-likeness (QED) is 0.327. The Labute approximate surface area is 174 Å². The second-order valence-electron chi connectivity index (χ2n) is 5.94. The highest BCUT2D eigenvalue weighted by Gasteiger charge is 2.37. The van der Waals surface area contributed by atoms with E-state index in [0.717, 1.165) is 4.90 Å². The van der Waals surface area contributed by atoms with Crippen LogP contribution in [0.2, 0.25) is 0 Å². The first-order valence-corrected chi connectivity index (χ1v) is 9.13. The highest BCUT2D eigenvalue weighted by molar-refractivity contribution is 9.10. The van der Waals surface area contributed by atoms with Crippen LogP contribution in [0.25, 0.3) is 6.08 Å². The number of anilines is 1. The lowest BCUT2D eigenvalue weighted by atomic mass is 10.1. The fourth-order valence-electron chi connectivity index (χ4n) is 2.68. The summed E-state index contributed by atoms with van der Waals surface area (Å²) in [6, 6.07) is 10.2. The second-order valence-corrected chi connectivity index (χ2v) is 6.85. The summed E-state index contributed by atoms with van der Waals surface area (Å²) in [6.07, 6.45) is 1.26. The molecule has 2 aromatic carbocycles. The van der Waals surface area contributed by atoms with Crippen molar-refractivity contribution in [3.63, 3.8) is 0 Å². The van der Waals surface area contributed by atoms with Crippen LogP contribution in [-0.4, -0.2) is 30.9 Å². The minimum absolute atomic E-state index is 0.165. The molecular weight excluding hydrogens is 444 g/mol. The van der Waals surface area contributed by atoms with Gasteiger partial charge in [0, 0.05) is 23.0 Å². The lowest BCUT2D eigenvalue weighted by molar-refractivity contribution is -0.132. The minimum Gasteiger partial charge on any atom is -0.497 e. The molecule has 148 valence electrons. The molecule has 0 spiro atoms. The molecule has 0 bridgehead atoms. The van der Waals surface area contributed by atoms with Gasteiger partial charge in [-0.05, 0) is 36.4 Å². The smallest absolute Gasteiger partial charge is 0.335 e. The second kappa shape index (κ2) is 8.27. The number of benzene rings is 2. The number of urea groups is 1. The Morgan fingerprint density at radius 3 is 2.59 bits per heavy atom. The Morgan fingerprint density at radius 1 is 1.14 bits per heavy atom. The molecule has 1 N–H and O–H groups in total. The largest absolute Gasteiger partial charge is 0.497 e. The molecule has 0 aliphatic carbocycles. The zero-order valence-corrected chi connectivity index (χ0v) is 17.0. The van der Waals surface area contributed by atoms with Crippen LogP contribution in [0.15, 0.2) is 52.5 Å². The van der Waals surface area contributed by atoms with Crippen LogP contribution < -0.4 is 19.7 Å². The Hall–Kier alpha value is -3.46. The van der Waals surface area contributed by atoms with Gasteiger partial charge in [-0.15, -0.1) is 0 Å². The molecule has 8 nitrogen and oxygen atoms in total. The van der Waals surface area contributed by atoms with Gasteiger partial charge in [0.15, 0.2) is 0 Å². The third-order valence-corrected chi connectivity index (χ3v) is 4.43. The lowest BCUT2D eigenvalue weighted by Gasteiger charge is -2.26. The molecule has 1 fully saturated rings. The third kappa shape index (κ3) is 4.35. The summed E-state index contributed by atoms with van der Waals surface area (Å²) in [5.41, 5.74) is 0.256. The highest BCUT2D eigenvalue weighted by Crippen LogP contribution is 2.29. The van der Waals surface area contributed by atoms with Crippen molar-refractivity contribution >= 4 is 51.5 Å². The number of methoxy groups -OCH3 is 1. The van der Waals surface area contributed by atoms with Crippen LogP contribution in [0.4, 0.5) is 10.5 Å². The molecule has 3 rings (SSSR count). The van der Waals surface area contributed by atoms with Gasteiger partial charge in [0.2, 0.25) is 0 Å². The van der Waals surface area contributed by atoms with E-state index < -0.39 is 23.8 Å². The summed E-state index contributed by atoms with van der Waals surface area (Å²) in [6.45, 7) is 1.24. The summed E-state index contributed by atoms with van der Waals surface area (Å²) in [5.74, 6) is -1.62. The first-order valence-electron chi connectivity index (χ1n) is 8.33. The van der Waals surface area contributed by atoms with Crippen molar-refractivity contribution in [2.75, 3.05) is 12.0 Å². The SMILES string of the molecule is COc1cccc(N2C(=O)NC(=O)/C(=C/c3cc(Br)ccc3OC(C)=O)C2=O)c1. The van der Waals surface area contributed by atoms with Crippen molar-refractivity contribution < 1.29 is 28.7 Å². The number of hydrogen-bond acceptors (Lipinski definition) is 6. The van der Waals surface area contributed by atoms with Gasteiger partial charge < -0.3 is 9.47 Å². The van der Waals surface area contributed by atoms with Gasteiger partial charge in [-0.2, -0.15) is 0 Å². The average molecular weight is 459 g/mol. The maximum Gasteiger partial charge on any atom is 0.335 e. The molecule has 0 unspecified atom stereocenters. The number of carbonyl (C=O) groups is 4. The molecule has 0 radical (unpaired) electrons. The van der Waals surface area contributed by atoms with E-state index in [1.807, 2.05) is 0 Å². The van der Waals surface area contributed by atoms with Crippen LogP contribution >= 0.6 is 15.9 Å². The van der Waals surface area contributed by atoms with Crippen molar-refractivity contribution in [2.45, 2.75) is 6.92 Å². The predicted molar refractivity (Wildman–Crippen MR) is 107 cm³/mol. The first-order chi connectivity index (χ1) is 13.8. The number of nitrogens with one attached hydrogen (secondary N) is 1. The summed E-state index contributed by atoms with van der Waals surface area (Å²) in [7, 11) is 1.45. The van der Waals surface area contributed by atoms with E-state index in [4.69, 9.17) is 9.47 Å². The molecule has 29 heavy (non-hydrogen) atoms. The number of esters is 1. The number of halogens is 1. The summed E-state index contributed by atoms with van der Waals surface area (Å²) < 4.78 is 10.9. The van der Waals surface area contributed by atoms with E-state index in [2.05, 4.69) is 21.2 Å². The number of carbonyl (C=O) groups excluding carboxylic acids is 4. The standard InChI is InChI=1S/C20H15BrN2O6/c1-11(24)29-17-7-6-13(21)8-12(17)9-16-18(25)22-20(27)23(19(16)26)14-4-3-5-15(10-14)28-2/h3-10H,1-2H3,(H,22,25,27)/b16-9-. The van der Waals surface area contributed by atoms with Gasteiger partial charge in [-0.25, -0.2) is 9.69 Å². The van der Waals surface area contributed by atoms with Gasteiger partial charge in [0.25, 0.3) is 11.8 Å². The predicted octanol–water partition coefficient (Wildman–Crippen LogP) is 3.05. The maximum absolute atomic E-state index is 13.0. The normalized spacial score (nSPS) is 15.3. The Morgan fingerprint density at radius 2 is 1.90 bits per heavy atom. The maximum atomic E-state index is 13.0. The molecule has 1 aliphatic rings. The number of barbiturate groups is 1. The fraction of sp³-hybridized carbons (Fsp3) is 0.100. The number of hydrogen-bond donors (Lipinski definition) is 1. The molecule has 0 saturated carbocycles. The van der Waals surface area contributed by atoms with Gasteiger partial charge in [0.1, 0.15) is 17.1 Å². The number of rotatable bonds is 4. The molecular formula is C20H15BrN2O6. The molecule has 2 aromatic rings. The molecule has 1 heterocycles. The molecule has 9 heteroatoms. The zero-order valence-electron chi connectivity index (χ0n) is 15.4. The van der Waals surface area contributed by atoms with Crippen LogP contribution in [0.3, 0.4) is 0 Å². The lowest BCUT2D eigenvalue weighted by Crippen LogP contribution is -2.54. The molecule has 1 saturated heterocycles. The van der Waals surface area contributed by atoms with E-state index in [-0.39, 0.29) is 17.0 Å². The molecule has 1 aliphatic heterocycles. The van der Waals surface area contributed by atoms with Gasteiger partial charge in [-0.1, -0.05) is 22.0 Å². The van der Waals surface area contributed by atoms with Crippen molar-refractivity contribution in [3.05, 3.63) is 58.1 Å². The van der Waals surface area contributed by atoms with E-state index in [0.29, 0.717) is 15.8 Å². The van der Waals surface area contributed by atoms with Crippen LogP contribution in [0.5, 0.6) is 11.5 Å². The molecule has 0 atom stereocenters. The van der Waals surface area contributed by atoms with Gasteiger partial charge >= 0.3 is 12.0 Å². The monoisotopic (exact) mass is 458 g/mol. The van der Waals surface area contributed by atoms with Crippen molar-refractivity contribution in [1.29, 1.82) is 0 Å². The van der Waals surface area contributed by atoms with E-state index in [9.17, 15) is 19.2 Å². The number of ether oxygens (including phenoxy) is 2. The fourth-order valence-corrected chi connectivity index (χ4v) is 3.06. The summed E-state index contributed by atoms with van der Waals surface area (Å²) in [5, 5.41) is 2.14. The Balaban J connectivity index is 2.06. The number of nitrogens with zero attached hydrogens (tertiary/aromatic N) is 1. The Bertz CT molecular complexity index is 1060. The summed E-state index contributed by atoms with van der Waals surface area (Å²) in [4.78, 5) is 49.8. The number of amides is 4. The van der Waals surface area contributed by atoms with Crippen LogP contribution in [-0.2, 0) is 14.4 Å². The molecule has 4 amide bonds. The molecule has 0 aromatic heterocycles. The highest BCUT2D eigenvalue weighted by atomic mass is 79.9. The van der Waals surface area contributed by atoms with E-state index in [1.54, 1.807) is 24.3 Å². The number of imide groups is 2. The van der Waals surface area contributed by atoms with E-state index in [1.165, 1.54) is 38.3 Å². The van der Waals surface area contributed by atoms with Crippen molar-refractivity contribution in [2.24, 2.45) is 0 Å². The third-order valence-electron chi connectivity index (χ3n) is 3.94. The van der Waals surface area contributed by atoms with Crippen molar-refractivity contribution in [1.82, 2.24) is 5.32 Å². The van der Waals surface area contributed by atoms with Gasteiger partial charge in [-0.3, -0.25) is 19.7 Å². The Kier molecular flexibility index (Phi) is 5.79. The average Bonchev–Trinajstić information content (AvgIpc) is 2.66. The zero-order chi connectivity index (χ0) is 21.1. The van der Waals surface area contributed by atoms with Gasteiger partial charge in [0.05, 0.1) is 12.8 Å². The van der Waals surface area contributed by atoms with Crippen molar-refractivity contribution in [3.8, 4) is 11.5 Å². The minimum atomic E-state index is -0.875. The summed E-state index contributed by atoms with van der Waals surface area (Å²) >= 11 is 3.30. The van der Waals surface area contributed by atoms with Crippen LogP contribution in [0.1, 0.15) is 12.5 Å². The van der Waals surface area contributed by atoms with E-state index >= 15 is 0 Å². The van der Waals surface area contributed by atoms with Crippen LogP contribution in [0, 0.1) is 0 Å². The first kappa shape index (κ1) is 20.3. The topological polar surface area (TPSA) is 102 Å².